The first-order valence-corrected chi connectivity index (χ1v) is 7.71. The van der Waals surface area contributed by atoms with Crippen molar-refractivity contribution < 1.29 is 23.8 Å². The van der Waals surface area contributed by atoms with Gasteiger partial charge in [-0.25, -0.2) is 4.79 Å². The number of rotatable bonds is 8. The van der Waals surface area contributed by atoms with E-state index in [1.165, 1.54) is 7.11 Å². The van der Waals surface area contributed by atoms with Gasteiger partial charge in [-0.2, -0.15) is 0 Å². The second kappa shape index (κ2) is 9.10. The number of esters is 1. The molecule has 6 nitrogen and oxygen atoms in total. The van der Waals surface area contributed by atoms with Crippen molar-refractivity contribution in [3.63, 3.8) is 0 Å². The first-order chi connectivity index (χ1) is 11.6. The van der Waals surface area contributed by atoms with E-state index in [1.54, 1.807) is 12.1 Å². The number of nitrogens with one attached hydrogen (secondary N) is 1. The molecule has 24 heavy (non-hydrogen) atoms. The Hall–Kier alpha value is -2.31. The smallest absolute Gasteiger partial charge is 0.344 e. The summed E-state index contributed by atoms with van der Waals surface area (Å²) in [5.74, 6) is -0.496. The van der Waals surface area contributed by atoms with E-state index >= 15 is 0 Å². The predicted octanol–water partition coefficient (Wildman–Crippen LogP) is 2.18. The molecule has 0 unspecified atom stereocenters. The Balaban J connectivity index is 1.84. The molecule has 0 bridgehead atoms. The zero-order chi connectivity index (χ0) is 17.4. The number of benzene rings is 2. The van der Waals surface area contributed by atoms with E-state index in [-0.39, 0.29) is 13.2 Å². The van der Waals surface area contributed by atoms with Gasteiger partial charge < -0.3 is 19.5 Å². The Morgan fingerprint density at radius 2 is 1.83 bits per heavy atom. The molecular formula is C17H18ClNO5. The van der Waals surface area contributed by atoms with E-state index in [1.807, 2.05) is 24.3 Å². The fourth-order valence-electron chi connectivity index (χ4n) is 2.03. The average molecular weight is 352 g/mol. The predicted molar refractivity (Wildman–Crippen MR) is 90.3 cm³/mol. The van der Waals surface area contributed by atoms with Crippen LogP contribution < -0.4 is 10.1 Å². The molecule has 0 fully saturated rings. The van der Waals surface area contributed by atoms with Gasteiger partial charge in [-0.15, -0.1) is 0 Å². The summed E-state index contributed by atoms with van der Waals surface area (Å²) in [6.45, 7) is 0.108. The third-order valence-corrected chi connectivity index (χ3v) is 3.50. The maximum Gasteiger partial charge on any atom is 0.344 e. The number of ether oxygens (including phenoxy) is 3. The van der Waals surface area contributed by atoms with E-state index in [4.69, 9.17) is 25.8 Å². The lowest BCUT2D eigenvalue weighted by Gasteiger charge is -2.10. The molecule has 128 valence electrons. The van der Waals surface area contributed by atoms with Crippen molar-refractivity contribution in [1.82, 2.24) is 5.32 Å². The molecule has 1 amide bonds. The summed E-state index contributed by atoms with van der Waals surface area (Å²) in [5.41, 5.74) is 0. The van der Waals surface area contributed by atoms with Crippen LogP contribution in [-0.2, 0) is 19.1 Å². The number of hydrogen-bond acceptors (Lipinski definition) is 5. The zero-order valence-electron chi connectivity index (χ0n) is 13.2. The topological polar surface area (TPSA) is 73.9 Å². The van der Waals surface area contributed by atoms with Gasteiger partial charge in [-0.1, -0.05) is 35.9 Å². The Labute approximate surface area is 144 Å². The summed E-state index contributed by atoms with van der Waals surface area (Å²) in [7, 11) is 1.53. The maximum absolute atomic E-state index is 11.7. The second-order valence-corrected chi connectivity index (χ2v) is 5.29. The van der Waals surface area contributed by atoms with E-state index in [9.17, 15) is 9.59 Å². The van der Waals surface area contributed by atoms with Gasteiger partial charge in [0.2, 0.25) is 0 Å². The Kier molecular flexibility index (Phi) is 6.84. The molecule has 0 heterocycles. The summed E-state index contributed by atoms with van der Waals surface area (Å²) in [6, 6.07) is 10.8. The fourth-order valence-corrected chi connectivity index (χ4v) is 2.26. The third kappa shape index (κ3) is 5.11. The number of methoxy groups -OCH3 is 1. The van der Waals surface area contributed by atoms with Gasteiger partial charge in [-0.05, 0) is 12.1 Å². The molecule has 1 N–H and O–H groups in total. The van der Waals surface area contributed by atoms with Crippen molar-refractivity contribution in [2.45, 2.75) is 0 Å². The molecule has 2 aromatic carbocycles. The molecule has 2 rings (SSSR count). The van der Waals surface area contributed by atoms with E-state index in [2.05, 4.69) is 5.32 Å². The van der Waals surface area contributed by atoms with Crippen LogP contribution in [0.2, 0.25) is 5.02 Å². The molecule has 0 saturated carbocycles. The van der Waals surface area contributed by atoms with Gasteiger partial charge >= 0.3 is 5.97 Å². The summed E-state index contributed by atoms with van der Waals surface area (Å²) >= 11 is 6.13. The molecule has 7 heteroatoms. The Bertz CT molecular complexity index is 719. The van der Waals surface area contributed by atoms with Crippen LogP contribution in [0.15, 0.2) is 36.4 Å². The minimum atomic E-state index is -0.629. The van der Waals surface area contributed by atoms with Crippen molar-refractivity contribution in [3.8, 4) is 5.75 Å². The number of halogens is 1. The summed E-state index contributed by atoms with van der Waals surface area (Å²) in [4.78, 5) is 23.1. The monoisotopic (exact) mass is 351 g/mol. The van der Waals surface area contributed by atoms with Crippen molar-refractivity contribution in [1.29, 1.82) is 0 Å². The number of carbonyl (C=O) groups is 2. The van der Waals surface area contributed by atoms with Gasteiger partial charge in [0.15, 0.2) is 13.2 Å². The molecule has 0 aliphatic rings. The lowest BCUT2D eigenvalue weighted by atomic mass is 10.1. The zero-order valence-corrected chi connectivity index (χ0v) is 14.0. The summed E-state index contributed by atoms with van der Waals surface area (Å²) in [6.07, 6.45) is 0. The van der Waals surface area contributed by atoms with Gasteiger partial charge in [0.1, 0.15) is 5.75 Å². The lowest BCUT2D eigenvalue weighted by molar-refractivity contribution is -0.150. The molecular weight excluding hydrogens is 334 g/mol. The highest BCUT2D eigenvalue weighted by Gasteiger charge is 2.10. The molecule has 0 saturated heterocycles. The van der Waals surface area contributed by atoms with Gasteiger partial charge in [0.25, 0.3) is 5.91 Å². The van der Waals surface area contributed by atoms with Crippen LogP contribution in [-0.4, -0.2) is 45.4 Å². The summed E-state index contributed by atoms with van der Waals surface area (Å²) < 4.78 is 15.1. The maximum atomic E-state index is 11.7. The van der Waals surface area contributed by atoms with Crippen LogP contribution in [0.4, 0.5) is 0 Å². The quantitative estimate of drug-likeness (QED) is 0.583. The highest BCUT2D eigenvalue weighted by molar-refractivity contribution is 6.35. The van der Waals surface area contributed by atoms with Crippen molar-refractivity contribution >= 4 is 34.2 Å². The summed E-state index contributed by atoms with van der Waals surface area (Å²) in [5, 5.41) is 4.79. The van der Waals surface area contributed by atoms with Crippen molar-refractivity contribution in [3.05, 3.63) is 41.4 Å². The second-order valence-electron chi connectivity index (χ2n) is 4.88. The minimum absolute atomic E-state index is 0.295. The number of amides is 1. The molecule has 0 aliphatic carbocycles. The Morgan fingerprint density at radius 3 is 2.58 bits per heavy atom. The highest BCUT2D eigenvalue weighted by Crippen LogP contribution is 2.31. The highest BCUT2D eigenvalue weighted by atomic mass is 35.5. The van der Waals surface area contributed by atoms with Crippen LogP contribution in [0.5, 0.6) is 5.75 Å². The van der Waals surface area contributed by atoms with Crippen molar-refractivity contribution in [2.24, 2.45) is 0 Å². The fraction of sp³-hybridized carbons (Fsp3) is 0.294. The van der Waals surface area contributed by atoms with Crippen LogP contribution in [0.25, 0.3) is 10.8 Å². The van der Waals surface area contributed by atoms with Gasteiger partial charge in [0.05, 0.1) is 6.61 Å². The van der Waals surface area contributed by atoms with Crippen LogP contribution in [0.3, 0.4) is 0 Å². The third-order valence-electron chi connectivity index (χ3n) is 3.17. The van der Waals surface area contributed by atoms with Crippen LogP contribution in [0, 0.1) is 0 Å². The lowest BCUT2D eigenvalue weighted by Crippen LogP contribution is -2.32. The number of hydrogen-bond donors (Lipinski definition) is 1. The average Bonchev–Trinajstić information content (AvgIpc) is 2.60. The first-order valence-electron chi connectivity index (χ1n) is 7.33. The normalized spacial score (nSPS) is 10.4. The van der Waals surface area contributed by atoms with Crippen LogP contribution >= 0.6 is 11.6 Å². The van der Waals surface area contributed by atoms with E-state index < -0.39 is 11.9 Å². The minimum Gasteiger partial charge on any atom is -0.481 e. The largest absolute Gasteiger partial charge is 0.481 e. The van der Waals surface area contributed by atoms with Gasteiger partial charge in [0, 0.05) is 29.4 Å². The molecule has 2 aromatic rings. The Morgan fingerprint density at radius 1 is 1.08 bits per heavy atom. The first kappa shape index (κ1) is 18.0. The molecule has 0 atom stereocenters. The van der Waals surface area contributed by atoms with Gasteiger partial charge in [-0.3, -0.25) is 4.79 Å². The van der Waals surface area contributed by atoms with Crippen LogP contribution in [0.1, 0.15) is 0 Å². The molecule has 0 aromatic heterocycles. The van der Waals surface area contributed by atoms with E-state index in [0.29, 0.717) is 23.9 Å². The van der Waals surface area contributed by atoms with Crippen molar-refractivity contribution in [2.75, 3.05) is 33.5 Å². The number of fused-ring (bicyclic) bond motifs is 1. The van der Waals surface area contributed by atoms with E-state index in [0.717, 1.165) is 10.8 Å². The molecule has 0 aliphatic heterocycles. The SMILES string of the molecule is COCCNC(=O)COC(=O)COc1ccc(Cl)c2ccccc12. The number of carbonyl (C=O) groups excluding carboxylic acids is 2. The molecule has 0 radical (unpaired) electrons. The molecule has 0 spiro atoms. The standard InChI is InChI=1S/C17H18ClNO5/c1-22-9-8-19-16(20)10-24-17(21)11-23-15-7-6-14(18)12-4-2-3-5-13(12)15/h2-7H,8-11H2,1H3,(H,19,20).